The molecule has 0 spiro atoms. The Balaban J connectivity index is 2.20. The third kappa shape index (κ3) is 2.17. The minimum Gasteiger partial charge on any atom is -0.384 e. The first-order valence-corrected chi connectivity index (χ1v) is 5.61. The minimum atomic E-state index is 0.514. The Labute approximate surface area is 87.2 Å². The van der Waals surface area contributed by atoms with Crippen molar-refractivity contribution in [2.24, 2.45) is 0 Å². The highest BCUT2D eigenvalue weighted by atomic mass is 32.2. The largest absolute Gasteiger partial charge is 0.384 e. The van der Waals surface area contributed by atoms with Gasteiger partial charge in [0.25, 0.3) is 0 Å². The fourth-order valence-corrected chi connectivity index (χ4v) is 1.94. The number of aromatic nitrogens is 2. The summed E-state index contributed by atoms with van der Waals surface area (Å²) >= 11 is 1.90. The maximum atomic E-state index is 5.60. The lowest BCUT2D eigenvalue weighted by atomic mass is 10.5. The monoisotopic (exact) mass is 208 g/mol. The van der Waals surface area contributed by atoms with Gasteiger partial charge in [-0.25, -0.2) is 4.98 Å². The van der Waals surface area contributed by atoms with Gasteiger partial charge in [-0.2, -0.15) is 16.7 Å². The molecule has 1 aliphatic heterocycles. The van der Waals surface area contributed by atoms with Crippen LogP contribution in [0, 0.1) is 0 Å². The van der Waals surface area contributed by atoms with E-state index in [0.717, 1.165) is 18.1 Å². The van der Waals surface area contributed by atoms with E-state index in [0.29, 0.717) is 11.8 Å². The first kappa shape index (κ1) is 9.33. The van der Waals surface area contributed by atoms with Crippen molar-refractivity contribution in [1.82, 2.24) is 9.97 Å². The van der Waals surface area contributed by atoms with Crippen LogP contribution in [0.2, 0.25) is 0 Å². The number of anilines is 2. The lowest BCUT2D eigenvalue weighted by Gasteiger charge is -2.15. The van der Waals surface area contributed by atoms with Crippen LogP contribution >= 0.6 is 11.8 Å². The van der Waals surface area contributed by atoms with Crippen molar-refractivity contribution in [1.29, 1.82) is 0 Å². The fourth-order valence-electron chi connectivity index (χ4n) is 1.23. The number of nitrogens with zero attached hydrogens (tertiary/aromatic N) is 3. The van der Waals surface area contributed by atoms with Crippen LogP contribution in [0.5, 0.6) is 0 Å². The molecule has 4 nitrogen and oxygen atoms in total. The van der Waals surface area contributed by atoms with E-state index in [-0.39, 0.29) is 0 Å². The summed E-state index contributed by atoms with van der Waals surface area (Å²) in [4.78, 5) is 10.4. The Morgan fingerprint density at radius 1 is 1.50 bits per heavy atom. The maximum Gasteiger partial charge on any atom is 0.231 e. The summed E-state index contributed by atoms with van der Waals surface area (Å²) in [6, 6.07) is 1.69. The normalized spacial score (nSPS) is 16.7. The molecule has 0 saturated heterocycles. The highest BCUT2D eigenvalue weighted by Crippen LogP contribution is 2.14. The van der Waals surface area contributed by atoms with Gasteiger partial charge in [-0.05, 0) is 6.07 Å². The molecule has 0 aliphatic carbocycles. The zero-order valence-corrected chi connectivity index (χ0v) is 8.57. The van der Waals surface area contributed by atoms with E-state index in [2.05, 4.69) is 16.0 Å². The lowest BCUT2D eigenvalue weighted by molar-refractivity contribution is 0.952. The van der Waals surface area contributed by atoms with E-state index in [1.165, 1.54) is 0 Å². The molecule has 0 aromatic carbocycles. The molecule has 0 unspecified atom stereocenters. The van der Waals surface area contributed by atoms with Crippen molar-refractivity contribution in [3.63, 3.8) is 0 Å². The highest BCUT2D eigenvalue weighted by molar-refractivity contribution is 7.99. The number of hydrogen-bond acceptors (Lipinski definition) is 5. The molecule has 1 aliphatic rings. The molecule has 2 N–H and O–H groups in total. The Morgan fingerprint density at radius 3 is 3.29 bits per heavy atom. The van der Waals surface area contributed by atoms with Gasteiger partial charge in [0.2, 0.25) is 5.95 Å². The summed E-state index contributed by atoms with van der Waals surface area (Å²) in [5.74, 6) is 3.34. The van der Waals surface area contributed by atoms with Crippen LogP contribution in [0.4, 0.5) is 11.8 Å². The SMILES string of the molecule is Nc1ccnc(N2C=CCSCC2)n1. The molecule has 5 heteroatoms. The van der Waals surface area contributed by atoms with E-state index in [9.17, 15) is 0 Å². The van der Waals surface area contributed by atoms with Crippen LogP contribution in [0.15, 0.2) is 24.5 Å². The zero-order chi connectivity index (χ0) is 9.80. The van der Waals surface area contributed by atoms with Gasteiger partial charge in [0, 0.05) is 30.4 Å². The van der Waals surface area contributed by atoms with Gasteiger partial charge in [-0.1, -0.05) is 6.08 Å². The molecule has 0 saturated carbocycles. The van der Waals surface area contributed by atoms with Crippen LogP contribution in [0.3, 0.4) is 0 Å². The van der Waals surface area contributed by atoms with Crippen molar-refractivity contribution >= 4 is 23.5 Å². The van der Waals surface area contributed by atoms with E-state index in [1.807, 2.05) is 22.9 Å². The van der Waals surface area contributed by atoms with E-state index >= 15 is 0 Å². The quantitative estimate of drug-likeness (QED) is 0.749. The van der Waals surface area contributed by atoms with Crippen molar-refractivity contribution in [2.45, 2.75) is 0 Å². The molecule has 1 aromatic rings. The van der Waals surface area contributed by atoms with Crippen LogP contribution < -0.4 is 10.6 Å². The summed E-state index contributed by atoms with van der Waals surface area (Å²) in [6.45, 7) is 0.935. The van der Waals surface area contributed by atoms with E-state index in [4.69, 9.17) is 5.73 Å². The smallest absolute Gasteiger partial charge is 0.231 e. The molecule has 0 amide bonds. The van der Waals surface area contributed by atoms with Gasteiger partial charge in [0.05, 0.1) is 0 Å². The van der Waals surface area contributed by atoms with Gasteiger partial charge in [-0.3, -0.25) is 0 Å². The lowest BCUT2D eigenvalue weighted by Crippen LogP contribution is -2.20. The molecule has 0 atom stereocenters. The number of rotatable bonds is 1. The van der Waals surface area contributed by atoms with Gasteiger partial charge >= 0.3 is 0 Å². The van der Waals surface area contributed by atoms with Crippen LogP contribution in [0.25, 0.3) is 0 Å². The Kier molecular flexibility index (Phi) is 2.88. The Hall–Kier alpha value is -1.23. The van der Waals surface area contributed by atoms with Crippen LogP contribution in [0.1, 0.15) is 0 Å². The average molecular weight is 208 g/mol. The summed E-state index contributed by atoms with van der Waals surface area (Å²) in [5, 5.41) is 0. The van der Waals surface area contributed by atoms with Gasteiger partial charge < -0.3 is 10.6 Å². The molecular weight excluding hydrogens is 196 g/mol. The first-order chi connectivity index (χ1) is 6.86. The Bertz CT molecular complexity index is 339. The topological polar surface area (TPSA) is 55.0 Å². The van der Waals surface area contributed by atoms with Crippen molar-refractivity contribution in [3.8, 4) is 0 Å². The molecule has 0 fully saturated rings. The predicted molar refractivity (Wildman–Crippen MR) is 60.3 cm³/mol. The van der Waals surface area contributed by atoms with Gasteiger partial charge in [-0.15, -0.1) is 0 Å². The van der Waals surface area contributed by atoms with E-state index in [1.54, 1.807) is 12.3 Å². The minimum absolute atomic E-state index is 0.514. The van der Waals surface area contributed by atoms with Crippen LogP contribution in [-0.2, 0) is 0 Å². The van der Waals surface area contributed by atoms with Crippen molar-refractivity contribution in [2.75, 3.05) is 28.7 Å². The molecule has 1 aromatic heterocycles. The highest BCUT2D eigenvalue weighted by Gasteiger charge is 2.08. The average Bonchev–Trinajstić information content (AvgIpc) is 2.45. The summed E-state index contributed by atoms with van der Waals surface area (Å²) < 4.78 is 0. The second-order valence-corrected chi connectivity index (χ2v) is 4.08. The second kappa shape index (κ2) is 4.32. The zero-order valence-electron chi connectivity index (χ0n) is 7.76. The van der Waals surface area contributed by atoms with Crippen LogP contribution in [-0.4, -0.2) is 28.0 Å². The number of nitrogen functional groups attached to an aromatic ring is 1. The third-order valence-electron chi connectivity index (χ3n) is 1.90. The number of nitrogens with two attached hydrogens (primary N) is 1. The molecule has 14 heavy (non-hydrogen) atoms. The molecule has 74 valence electrons. The molecule has 2 heterocycles. The van der Waals surface area contributed by atoms with E-state index < -0.39 is 0 Å². The van der Waals surface area contributed by atoms with Gasteiger partial charge in [0.15, 0.2) is 0 Å². The Morgan fingerprint density at radius 2 is 2.43 bits per heavy atom. The fraction of sp³-hybridized carbons (Fsp3) is 0.333. The third-order valence-corrected chi connectivity index (χ3v) is 2.80. The van der Waals surface area contributed by atoms with Crippen molar-refractivity contribution in [3.05, 3.63) is 24.5 Å². The number of hydrogen-bond donors (Lipinski definition) is 1. The molecule has 2 rings (SSSR count). The summed E-state index contributed by atoms with van der Waals surface area (Å²) in [7, 11) is 0. The predicted octanol–water partition coefficient (Wildman–Crippen LogP) is 1.13. The summed E-state index contributed by atoms with van der Waals surface area (Å²) in [6.07, 6.45) is 5.82. The maximum absolute atomic E-state index is 5.60. The molecular formula is C9H12N4S. The first-order valence-electron chi connectivity index (χ1n) is 4.46. The van der Waals surface area contributed by atoms with Crippen molar-refractivity contribution < 1.29 is 0 Å². The van der Waals surface area contributed by atoms with Gasteiger partial charge in [0.1, 0.15) is 5.82 Å². The summed E-state index contributed by atoms with van der Waals surface area (Å²) in [5.41, 5.74) is 5.60. The molecule has 0 bridgehead atoms. The molecule has 0 radical (unpaired) electrons. The standard InChI is InChI=1S/C9H12N4S/c10-8-2-3-11-9(12-8)13-4-1-6-14-7-5-13/h1-4H,5-7H2,(H2,10,11,12). The second-order valence-electron chi connectivity index (χ2n) is 2.93. The number of thioether (sulfide) groups is 1.